The molecular formula is C10H19N3O3S. The van der Waals surface area contributed by atoms with Gasteiger partial charge in [-0.15, -0.1) is 0 Å². The van der Waals surface area contributed by atoms with Crippen molar-refractivity contribution in [2.24, 2.45) is 5.73 Å². The predicted molar refractivity (Wildman–Crippen MR) is 65.4 cm³/mol. The van der Waals surface area contributed by atoms with E-state index < -0.39 is 10.2 Å². The van der Waals surface area contributed by atoms with E-state index in [0.29, 0.717) is 25.3 Å². The summed E-state index contributed by atoms with van der Waals surface area (Å²) in [4.78, 5) is 0. The van der Waals surface area contributed by atoms with Crippen molar-refractivity contribution in [1.29, 1.82) is 0 Å². The summed E-state index contributed by atoms with van der Waals surface area (Å²) in [7, 11) is -0.366. The Labute approximate surface area is 102 Å². The summed E-state index contributed by atoms with van der Waals surface area (Å²) in [5, 5.41) is 0. The van der Waals surface area contributed by atoms with Crippen LogP contribution in [0, 0.1) is 0 Å². The zero-order valence-corrected chi connectivity index (χ0v) is 11.0. The second-order valence-corrected chi connectivity index (χ2v) is 5.95. The van der Waals surface area contributed by atoms with E-state index in [9.17, 15) is 8.42 Å². The fraction of sp³-hybridized carbons (Fsp3) is 0.600. The lowest BCUT2D eigenvalue weighted by Gasteiger charge is -2.23. The average Bonchev–Trinajstić information content (AvgIpc) is 2.78. The van der Waals surface area contributed by atoms with E-state index in [0.717, 1.165) is 0 Å². The maximum Gasteiger partial charge on any atom is 0.281 e. The van der Waals surface area contributed by atoms with E-state index in [1.807, 2.05) is 0 Å². The van der Waals surface area contributed by atoms with Crippen molar-refractivity contribution >= 4 is 10.2 Å². The molecular weight excluding hydrogens is 242 g/mol. The second kappa shape index (κ2) is 6.15. The Hall–Kier alpha value is -0.890. The highest BCUT2D eigenvalue weighted by molar-refractivity contribution is 7.86. The van der Waals surface area contributed by atoms with Crippen molar-refractivity contribution < 1.29 is 12.8 Å². The molecule has 6 nitrogen and oxygen atoms in total. The SMILES string of the molecule is CN(CCCN)S(=O)(=O)N(C)Cc1ccco1. The molecule has 17 heavy (non-hydrogen) atoms. The van der Waals surface area contributed by atoms with E-state index in [4.69, 9.17) is 10.2 Å². The quantitative estimate of drug-likeness (QED) is 0.762. The van der Waals surface area contributed by atoms with Crippen LogP contribution in [0.1, 0.15) is 12.2 Å². The molecule has 98 valence electrons. The molecule has 0 fully saturated rings. The third kappa shape index (κ3) is 3.81. The lowest BCUT2D eigenvalue weighted by atomic mass is 10.4. The fourth-order valence-corrected chi connectivity index (χ4v) is 2.50. The summed E-state index contributed by atoms with van der Waals surface area (Å²) in [6.07, 6.45) is 2.16. The fourth-order valence-electron chi connectivity index (χ4n) is 1.37. The van der Waals surface area contributed by atoms with Gasteiger partial charge in [0.15, 0.2) is 0 Å². The molecule has 0 spiro atoms. The van der Waals surface area contributed by atoms with Crippen LogP contribution in [0.15, 0.2) is 22.8 Å². The van der Waals surface area contributed by atoms with Gasteiger partial charge < -0.3 is 10.2 Å². The molecule has 7 heteroatoms. The summed E-state index contributed by atoms with van der Waals surface area (Å²) in [5.41, 5.74) is 5.36. The molecule has 0 amide bonds. The van der Waals surface area contributed by atoms with Crippen LogP contribution in [0.4, 0.5) is 0 Å². The predicted octanol–water partition coefficient (Wildman–Crippen LogP) is 0.237. The molecule has 0 aliphatic carbocycles. The van der Waals surface area contributed by atoms with Gasteiger partial charge >= 0.3 is 0 Å². The van der Waals surface area contributed by atoms with Crippen LogP contribution < -0.4 is 5.73 Å². The second-order valence-electron chi connectivity index (χ2n) is 3.81. The van der Waals surface area contributed by atoms with Crippen molar-refractivity contribution in [3.05, 3.63) is 24.2 Å². The Morgan fingerprint density at radius 3 is 2.59 bits per heavy atom. The summed E-state index contributed by atoms with van der Waals surface area (Å²) in [5.74, 6) is 0.614. The normalized spacial score (nSPS) is 12.5. The van der Waals surface area contributed by atoms with Crippen molar-refractivity contribution in [2.75, 3.05) is 27.2 Å². The molecule has 0 aliphatic heterocycles. The highest BCUT2D eigenvalue weighted by Gasteiger charge is 2.23. The Kier molecular flexibility index (Phi) is 5.13. The standard InChI is InChI=1S/C10H19N3O3S/c1-12(7-4-6-11)17(14,15)13(2)9-10-5-3-8-16-10/h3,5,8H,4,6-7,9,11H2,1-2H3. The van der Waals surface area contributed by atoms with Gasteiger partial charge in [-0.1, -0.05) is 0 Å². The van der Waals surface area contributed by atoms with Gasteiger partial charge in [0, 0.05) is 20.6 Å². The van der Waals surface area contributed by atoms with Gasteiger partial charge in [-0.2, -0.15) is 17.0 Å². The lowest BCUT2D eigenvalue weighted by molar-refractivity contribution is 0.362. The zero-order valence-electron chi connectivity index (χ0n) is 10.2. The summed E-state index contributed by atoms with van der Waals surface area (Å²) < 4.78 is 31.7. The van der Waals surface area contributed by atoms with E-state index in [1.165, 1.54) is 21.9 Å². The Morgan fingerprint density at radius 2 is 2.06 bits per heavy atom. The third-order valence-corrected chi connectivity index (χ3v) is 4.31. The molecule has 0 atom stereocenters. The van der Waals surface area contributed by atoms with Gasteiger partial charge in [-0.05, 0) is 25.1 Å². The molecule has 0 saturated carbocycles. The average molecular weight is 261 g/mol. The van der Waals surface area contributed by atoms with Crippen molar-refractivity contribution in [1.82, 2.24) is 8.61 Å². The zero-order chi connectivity index (χ0) is 12.9. The number of nitrogens with two attached hydrogens (primary N) is 1. The first-order chi connectivity index (χ1) is 7.98. The molecule has 1 rings (SSSR count). The van der Waals surface area contributed by atoms with Crippen LogP contribution in [0.3, 0.4) is 0 Å². The molecule has 0 aromatic carbocycles. The Balaban J connectivity index is 2.63. The largest absolute Gasteiger partial charge is 0.468 e. The Bertz CT molecular complexity index is 416. The molecule has 0 radical (unpaired) electrons. The van der Waals surface area contributed by atoms with Crippen LogP contribution in [0.5, 0.6) is 0 Å². The minimum Gasteiger partial charge on any atom is -0.468 e. The van der Waals surface area contributed by atoms with Crippen molar-refractivity contribution in [3.8, 4) is 0 Å². The molecule has 1 heterocycles. The van der Waals surface area contributed by atoms with Gasteiger partial charge in [0.05, 0.1) is 12.8 Å². The topological polar surface area (TPSA) is 79.8 Å². The van der Waals surface area contributed by atoms with Crippen molar-refractivity contribution in [2.45, 2.75) is 13.0 Å². The molecule has 0 saturated heterocycles. The molecule has 2 N–H and O–H groups in total. The third-order valence-electron chi connectivity index (χ3n) is 2.42. The highest BCUT2D eigenvalue weighted by Crippen LogP contribution is 2.10. The number of furan rings is 1. The molecule has 1 aromatic rings. The monoisotopic (exact) mass is 261 g/mol. The van der Waals surface area contributed by atoms with Gasteiger partial charge in [0.1, 0.15) is 5.76 Å². The van der Waals surface area contributed by atoms with Crippen LogP contribution in [0.25, 0.3) is 0 Å². The maximum atomic E-state index is 12.0. The van der Waals surface area contributed by atoms with E-state index >= 15 is 0 Å². The van der Waals surface area contributed by atoms with Crippen molar-refractivity contribution in [3.63, 3.8) is 0 Å². The minimum atomic E-state index is -3.44. The first-order valence-electron chi connectivity index (χ1n) is 5.38. The minimum absolute atomic E-state index is 0.225. The molecule has 0 aliphatic rings. The van der Waals surface area contributed by atoms with Crippen LogP contribution >= 0.6 is 0 Å². The highest BCUT2D eigenvalue weighted by atomic mass is 32.2. The Morgan fingerprint density at radius 1 is 1.35 bits per heavy atom. The summed E-state index contributed by atoms with van der Waals surface area (Å²) >= 11 is 0. The molecule has 1 aromatic heterocycles. The maximum absolute atomic E-state index is 12.0. The molecule has 0 unspecified atom stereocenters. The van der Waals surface area contributed by atoms with E-state index in [-0.39, 0.29) is 6.54 Å². The van der Waals surface area contributed by atoms with E-state index in [2.05, 4.69) is 0 Å². The van der Waals surface area contributed by atoms with Gasteiger partial charge in [-0.25, -0.2) is 0 Å². The first-order valence-corrected chi connectivity index (χ1v) is 6.78. The number of hydrogen-bond acceptors (Lipinski definition) is 4. The van der Waals surface area contributed by atoms with Gasteiger partial charge in [0.2, 0.25) is 0 Å². The lowest BCUT2D eigenvalue weighted by Crippen LogP contribution is -2.40. The number of rotatable bonds is 7. The smallest absolute Gasteiger partial charge is 0.281 e. The van der Waals surface area contributed by atoms with Gasteiger partial charge in [-0.3, -0.25) is 0 Å². The van der Waals surface area contributed by atoms with Crippen LogP contribution in [-0.2, 0) is 16.8 Å². The number of nitrogens with zero attached hydrogens (tertiary/aromatic N) is 2. The van der Waals surface area contributed by atoms with Gasteiger partial charge in [0.25, 0.3) is 10.2 Å². The summed E-state index contributed by atoms with van der Waals surface area (Å²) in [6.45, 7) is 1.12. The summed E-state index contributed by atoms with van der Waals surface area (Å²) in [6, 6.07) is 3.47. The van der Waals surface area contributed by atoms with Crippen LogP contribution in [0.2, 0.25) is 0 Å². The molecule has 0 bridgehead atoms. The first kappa shape index (κ1) is 14.2. The number of hydrogen-bond donors (Lipinski definition) is 1. The van der Waals surface area contributed by atoms with Crippen LogP contribution in [-0.4, -0.2) is 44.2 Å². The van der Waals surface area contributed by atoms with E-state index in [1.54, 1.807) is 19.2 Å².